The number of H-pyrrole nitrogens is 1. The SMILES string of the molecule is O=C(NCC(F)(F)F)c1cc(C2CCN(S(=O)(=O)CCC(F)(F)F)CC2)[nH]n1. The summed E-state index contributed by atoms with van der Waals surface area (Å²) in [5, 5.41) is 7.88. The molecule has 1 aromatic rings. The lowest BCUT2D eigenvalue weighted by molar-refractivity contribution is -0.130. The van der Waals surface area contributed by atoms with Crippen molar-refractivity contribution in [1.82, 2.24) is 19.8 Å². The normalized spacial score (nSPS) is 17.6. The van der Waals surface area contributed by atoms with Gasteiger partial charge < -0.3 is 5.32 Å². The Morgan fingerprint density at radius 3 is 2.32 bits per heavy atom. The molecule has 0 radical (unpaired) electrons. The van der Waals surface area contributed by atoms with Crippen LogP contribution in [0.1, 0.15) is 41.4 Å². The summed E-state index contributed by atoms with van der Waals surface area (Å²) in [7, 11) is -4.03. The molecular weight excluding hydrogens is 418 g/mol. The minimum absolute atomic E-state index is 0.000515. The summed E-state index contributed by atoms with van der Waals surface area (Å²) in [6.45, 7) is -1.50. The third-order valence-corrected chi connectivity index (χ3v) is 6.08. The number of hydrogen-bond donors (Lipinski definition) is 2. The molecule has 0 atom stereocenters. The largest absolute Gasteiger partial charge is 0.405 e. The van der Waals surface area contributed by atoms with E-state index in [9.17, 15) is 39.6 Å². The molecule has 2 N–H and O–H groups in total. The Morgan fingerprint density at radius 2 is 1.79 bits per heavy atom. The zero-order valence-electron chi connectivity index (χ0n) is 14.4. The van der Waals surface area contributed by atoms with E-state index in [2.05, 4.69) is 10.2 Å². The van der Waals surface area contributed by atoms with Gasteiger partial charge in [-0.25, -0.2) is 12.7 Å². The second-order valence-corrected chi connectivity index (χ2v) is 8.45. The number of nitrogens with zero attached hydrogens (tertiary/aromatic N) is 2. The summed E-state index contributed by atoms with van der Waals surface area (Å²) in [4.78, 5) is 11.7. The van der Waals surface area contributed by atoms with Crippen molar-refractivity contribution < 1.29 is 39.6 Å². The minimum Gasteiger partial charge on any atom is -0.342 e. The second kappa shape index (κ2) is 8.27. The Balaban J connectivity index is 1.90. The first kappa shape index (κ1) is 22.5. The zero-order valence-corrected chi connectivity index (χ0v) is 15.2. The summed E-state index contributed by atoms with van der Waals surface area (Å²) < 4.78 is 98.0. The van der Waals surface area contributed by atoms with Gasteiger partial charge in [0.2, 0.25) is 10.0 Å². The van der Waals surface area contributed by atoms with Crippen LogP contribution in [0.2, 0.25) is 0 Å². The average Bonchev–Trinajstić information content (AvgIpc) is 3.07. The second-order valence-electron chi connectivity index (χ2n) is 6.36. The molecule has 1 aliphatic heterocycles. The Kier molecular flexibility index (Phi) is 6.63. The highest BCUT2D eigenvalue weighted by atomic mass is 32.2. The lowest BCUT2D eigenvalue weighted by atomic mass is 9.94. The molecule has 14 heteroatoms. The van der Waals surface area contributed by atoms with E-state index in [1.54, 1.807) is 5.32 Å². The van der Waals surface area contributed by atoms with Gasteiger partial charge in [0.05, 0.1) is 12.2 Å². The monoisotopic (exact) mass is 436 g/mol. The maximum atomic E-state index is 12.2. The van der Waals surface area contributed by atoms with E-state index in [4.69, 9.17) is 0 Å². The van der Waals surface area contributed by atoms with Gasteiger partial charge in [-0.1, -0.05) is 0 Å². The van der Waals surface area contributed by atoms with Gasteiger partial charge in [0.15, 0.2) is 0 Å². The van der Waals surface area contributed by atoms with Crippen molar-refractivity contribution in [1.29, 1.82) is 0 Å². The number of halogens is 6. The number of nitrogens with one attached hydrogen (secondary N) is 2. The van der Waals surface area contributed by atoms with Crippen LogP contribution >= 0.6 is 0 Å². The minimum atomic E-state index is -4.57. The van der Waals surface area contributed by atoms with E-state index in [1.165, 1.54) is 6.07 Å². The van der Waals surface area contributed by atoms with Crippen LogP contribution in [0.4, 0.5) is 26.3 Å². The van der Waals surface area contributed by atoms with E-state index in [-0.39, 0.29) is 37.5 Å². The van der Waals surface area contributed by atoms with Crippen molar-refractivity contribution in [3.8, 4) is 0 Å². The summed E-state index contributed by atoms with van der Waals surface area (Å²) in [5.41, 5.74) is 0.212. The van der Waals surface area contributed by atoms with Gasteiger partial charge in [-0.2, -0.15) is 31.4 Å². The number of sulfonamides is 1. The van der Waals surface area contributed by atoms with Crippen LogP contribution in [-0.4, -0.2) is 66.6 Å². The number of piperidine rings is 1. The van der Waals surface area contributed by atoms with Crippen LogP contribution < -0.4 is 5.32 Å². The fraction of sp³-hybridized carbons (Fsp3) is 0.714. The fourth-order valence-electron chi connectivity index (χ4n) is 2.75. The first-order valence-corrected chi connectivity index (χ1v) is 9.82. The lowest BCUT2D eigenvalue weighted by Gasteiger charge is -2.30. The number of carbonyl (C=O) groups is 1. The van der Waals surface area contributed by atoms with Crippen LogP contribution in [0.25, 0.3) is 0 Å². The van der Waals surface area contributed by atoms with Crippen molar-refractivity contribution in [3.63, 3.8) is 0 Å². The Morgan fingerprint density at radius 1 is 1.18 bits per heavy atom. The Hall–Kier alpha value is -1.83. The third-order valence-electron chi connectivity index (χ3n) is 4.21. The first-order chi connectivity index (χ1) is 12.8. The van der Waals surface area contributed by atoms with Crippen LogP contribution in [0.3, 0.4) is 0 Å². The lowest BCUT2D eigenvalue weighted by Crippen LogP contribution is -2.40. The predicted octanol–water partition coefficient (Wildman–Crippen LogP) is 2.16. The summed E-state index contributed by atoms with van der Waals surface area (Å²) in [6, 6.07) is 1.28. The molecule has 0 spiro atoms. The molecule has 28 heavy (non-hydrogen) atoms. The van der Waals surface area contributed by atoms with Crippen molar-refractivity contribution in [2.75, 3.05) is 25.4 Å². The summed E-state index contributed by atoms with van der Waals surface area (Å²) in [5.74, 6) is -2.27. The number of amides is 1. The van der Waals surface area contributed by atoms with Crippen molar-refractivity contribution in [2.24, 2.45) is 0 Å². The van der Waals surface area contributed by atoms with Gasteiger partial charge in [-0.05, 0) is 18.9 Å². The molecule has 1 saturated heterocycles. The first-order valence-electron chi connectivity index (χ1n) is 8.22. The van der Waals surface area contributed by atoms with Gasteiger partial charge in [0.1, 0.15) is 12.2 Å². The number of hydrogen-bond acceptors (Lipinski definition) is 4. The van der Waals surface area contributed by atoms with Crippen molar-refractivity contribution in [2.45, 2.75) is 37.5 Å². The maximum absolute atomic E-state index is 12.2. The third kappa shape index (κ3) is 6.65. The van der Waals surface area contributed by atoms with Crippen LogP contribution in [0.5, 0.6) is 0 Å². The molecule has 1 aromatic heterocycles. The predicted molar refractivity (Wildman–Crippen MR) is 85.0 cm³/mol. The molecule has 0 aliphatic carbocycles. The highest BCUT2D eigenvalue weighted by Crippen LogP contribution is 2.29. The molecule has 1 aliphatic rings. The van der Waals surface area contributed by atoms with Crippen molar-refractivity contribution in [3.05, 3.63) is 17.5 Å². The molecule has 0 unspecified atom stereocenters. The molecule has 2 heterocycles. The Bertz CT molecular complexity index is 782. The van der Waals surface area contributed by atoms with Crippen molar-refractivity contribution >= 4 is 15.9 Å². The van der Waals surface area contributed by atoms with E-state index < -0.39 is 47.0 Å². The Labute approximate surface area is 156 Å². The van der Waals surface area contributed by atoms with Gasteiger partial charge >= 0.3 is 12.4 Å². The molecule has 7 nitrogen and oxygen atoms in total. The van der Waals surface area contributed by atoms with E-state index in [0.717, 1.165) is 4.31 Å². The number of aromatic amines is 1. The van der Waals surface area contributed by atoms with Crippen LogP contribution in [0, 0.1) is 0 Å². The maximum Gasteiger partial charge on any atom is 0.405 e. The average molecular weight is 436 g/mol. The number of alkyl halides is 6. The molecule has 1 amide bonds. The van der Waals surface area contributed by atoms with E-state index >= 15 is 0 Å². The highest BCUT2D eigenvalue weighted by Gasteiger charge is 2.34. The number of carbonyl (C=O) groups excluding carboxylic acids is 1. The van der Waals surface area contributed by atoms with Gasteiger partial charge in [0, 0.05) is 24.7 Å². The van der Waals surface area contributed by atoms with E-state index in [0.29, 0.717) is 5.69 Å². The quantitative estimate of drug-likeness (QED) is 0.669. The standard InChI is InChI=1S/C14H18F6N4O3S/c15-13(16,17)3-6-28(26,27)24-4-1-9(2-5-24)10-7-11(23-22-10)12(25)21-8-14(18,19)20/h7,9H,1-6,8H2,(H,21,25)(H,22,23). The molecule has 2 rings (SSSR count). The molecule has 1 fully saturated rings. The number of aromatic nitrogens is 2. The van der Waals surface area contributed by atoms with Gasteiger partial charge in [-0.3, -0.25) is 9.89 Å². The summed E-state index contributed by atoms with van der Waals surface area (Å²) >= 11 is 0. The van der Waals surface area contributed by atoms with E-state index in [1.807, 2.05) is 0 Å². The smallest absolute Gasteiger partial charge is 0.342 e. The highest BCUT2D eigenvalue weighted by molar-refractivity contribution is 7.89. The molecule has 160 valence electrons. The molecule has 0 saturated carbocycles. The number of rotatable bonds is 6. The van der Waals surface area contributed by atoms with Gasteiger partial charge in [-0.15, -0.1) is 0 Å². The van der Waals surface area contributed by atoms with Crippen LogP contribution in [0.15, 0.2) is 6.07 Å². The topological polar surface area (TPSA) is 95.2 Å². The van der Waals surface area contributed by atoms with Gasteiger partial charge in [0.25, 0.3) is 5.91 Å². The fourth-order valence-corrected chi connectivity index (χ4v) is 4.27. The summed E-state index contributed by atoms with van der Waals surface area (Å²) in [6.07, 6.45) is -10.00. The molecule has 0 bridgehead atoms. The van der Waals surface area contributed by atoms with Crippen LogP contribution in [-0.2, 0) is 10.0 Å². The molecular formula is C14H18F6N4O3S. The zero-order chi connectivity index (χ0) is 21.2. The molecule has 0 aromatic carbocycles.